The average Bonchev–Trinajstić information content (AvgIpc) is 2.49. The highest BCUT2D eigenvalue weighted by atomic mass is 19.1. The maximum Gasteiger partial charge on any atom is 0.261 e. The van der Waals surface area contributed by atoms with Crippen LogP contribution in [0.3, 0.4) is 0 Å². The molecule has 0 fully saturated rings. The zero-order valence-corrected chi connectivity index (χ0v) is 12.7. The smallest absolute Gasteiger partial charge is 0.261 e. The van der Waals surface area contributed by atoms with Gasteiger partial charge >= 0.3 is 0 Å². The third-order valence-corrected chi connectivity index (χ3v) is 3.12. The first-order valence-electron chi connectivity index (χ1n) is 7.04. The van der Waals surface area contributed by atoms with Gasteiger partial charge in [0.1, 0.15) is 17.2 Å². The molecule has 2 N–H and O–H groups in total. The Hall–Kier alpha value is -2.76. The molecule has 0 spiro atoms. The van der Waals surface area contributed by atoms with Crippen molar-refractivity contribution in [3.8, 4) is 0 Å². The van der Waals surface area contributed by atoms with Gasteiger partial charge in [0.2, 0.25) is 5.91 Å². The van der Waals surface area contributed by atoms with Crippen LogP contribution in [0.4, 0.5) is 20.2 Å². The Bertz CT molecular complexity index is 708. The van der Waals surface area contributed by atoms with Gasteiger partial charge in [0.15, 0.2) is 0 Å². The topological polar surface area (TPSA) is 58.2 Å². The van der Waals surface area contributed by atoms with Gasteiger partial charge in [0.05, 0.1) is 0 Å². The SMILES string of the molecule is CC(C)C(=O)Nc1ccc(NC(=O)c2c(F)cccc2F)cc1. The summed E-state index contributed by atoms with van der Waals surface area (Å²) >= 11 is 0. The maximum absolute atomic E-state index is 13.5. The first-order chi connectivity index (χ1) is 10.9. The van der Waals surface area contributed by atoms with Crippen molar-refractivity contribution in [2.45, 2.75) is 13.8 Å². The molecule has 2 aromatic rings. The second-order valence-corrected chi connectivity index (χ2v) is 5.27. The van der Waals surface area contributed by atoms with Gasteiger partial charge < -0.3 is 10.6 Å². The predicted molar refractivity (Wildman–Crippen MR) is 84.2 cm³/mol. The molecular weight excluding hydrogens is 302 g/mol. The minimum absolute atomic E-state index is 0.129. The zero-order chi connectivity index (χ0) is 17.0. The monoisotopic (exact) mass is 318 g/mol. The van der Waals surface area contributed by atoms with Crippen molar-refractivity contribution in [1.82, 2.24) is 0 Å². The number of anilines is 2. The lowest BCUT2D eigenvalue weighted by atomic mass is 10.1. The molecule has 0 atom stereocenters. The molecule has 2 aromatic carbocycles. The Labute approximate surface area is 132 Å². The van der Waals surface area contributed by atoms with Gasteiger partial charge in [-0.25, -0.2) is 8.78 Å². The van der Waals surface area contributed by atoms with Crippen LogP contribution < -0.4 is 10.6 Å². The van der Waals surface area contributed by atoms with E-state index in [0.717, 1.165) is 12.1 Å². The highest BCUT2D eigenvalue weighted by molar-refractivity contribution is 6.04. The van der Waals surface area contributed by atoms with Crippen LogP contribution in [0, 0.1) is 17.6 Å². The molecule has 0 bridgehead atoms. The molecular formula is C17H16F2N2O2. The first kappa shape index (κ1) is 16.6. The van der Waals surface area contributed by atoms with E-state index in [-0.39, 0.29) is 11.8 Å². The van der Waals surface area contributed by atoms with Gasteiger partial charge in [-0.3, -0.25) is 9.59 Å². The molecule has 6 heteroatoms. The van der Waals surface area contributed by atoms with Crippen LogP contribution in [-0.4, -0.2) is 11.8 Å². The fraction of sp³-hybridized carbons (Fsp3) is 0.176. The molecule has 0 radical (unpaired) electrons. The number of carbonyl (C=O) groups is 2. The molecule has 2 amide bonds. The summed E-state index contributed by atoms with van der Waals surface area (Å²) in [6.45, 7) is 3.54. The third kappa shape index (κ3) is 4.12. The molecule has 120 valence electrons. The van der Waals surface area contributed by atoms with Crippen LogP contribution in [0.25, 0.3) is 0 Å². The highest BCUT2D eigenvalue weighted by Crippen LogP contribution is 2.17. The quantitative estimate of drug-likeness (QED) is 0.900. The van der Waals surface area contributed by atoms with Gasteiger partial charge in [-0.1, -0.05) is 19.9 Å². The molecule has 0 aliphatic heterocycles. The molecule has 2 rings (SSSR count). The van der Waals surface area contributed by atoms with Gasteiger partial charge in [-0.05, 0) is 36.4 Å². The predicted octanol–water partition coefficient (Wildman–Crippen LogP) is 3.81. The largest absolute Gasteiger partial charge is 0.326 e. The lowest BCUT2D eigenvalue weighted by molar-refractivity contribution is -0.118. The van der Waals surface area contributed by atoms with E-state index in [9.17, 15) is 18.4 Å². The van der Waals surface area contributed by atoms with Crippen LogP contribution in [0.15, 0.2) is 42.5 Å². The maximum atomic E-state index is 13.5. The van der Waals surface area contributed by atoms with E-state index in [0.29, 0.717) is 11.4 Å². The van der Waals surface area contributed by atoms with Crippen molar-refractivity contribution in [1.29, 1.82) is 0 Å². The van der Waals surface area contributed by atoms with Gasteiger partial charge in [0, 0.05) is 17.3 Å². The van der Waals surface area contributed by atoms with Gasteiger partial charge in [0.25, 0.3) is 5.91 Å². The molecule has 0 aromatic heterocycles. The van der Waals surface area contributed by atoms with Crippen molar-refractivity contribution in [2.24, 2.45) is 5.92 Å². The zero-order valence-electron chi connectivity index (χ0n) is 12.7. The minimum atomic E-state index is -0.927. The highest BCUT2D eigenvalue weighted by Gasteiger charge is 2.17. The Balaban J connectivity index is 2.09. The van der Waals surface area contributed by atoms with Gasteiger partial charge in [-0.15, -0.1) is 0 Å². The second kappa shape index (κ2) is 7.00. The lowest BCUT2D eigenvalue weighted by Crippen LogP contribution is -2.18. The molecule has 0 unspecified atom stereocenters. The molecule has 0 saturated heterocycles. The summed E-state index contributed by atoms with van der Waals surface area (Å²) in [5, 5.41) is 5.11. The number of benzene rings is 2. The Morgan fingerprint density at radius 3 is 1.83 bits per heavy atom. The summed E-state index contributed by atoms with van der Waals surface area (Å²) in [6, 6.07) is 9.47. The van der Waals surface area contributed by atoms with E-state index < -0.39 is 23.1 Å². The molecule has 0 saturated carbocycles. The summed E-state index contributed by atoms with van der Waals surface area (Å²) < 4.78 is 27.1. The van der Waals surface area contributed by atoms with Crippen molar-refractivity contribution in [3.05, 3.63) is 59.7 Å². The number of carbonyl (C=O) groups excluding carboxylic acids is 2. The molecule has 0 aliphatic carbocycles. The molecule has 0 aliphatic rings. The van der Waals surface area contributed by atoms with Crippen molar-refractivity contribution in [3.63, 3.8) is 0 Å². The van der Waals surface area contributed by atoms with E-state index in [2.05, 4.69) is 10.6 Å². The minimum Gasteiger partial charge on any atom is -0.326 e. The van der Waals surface area contributed by atoms with Crippen LogP contribution in [0.5, 0.6) is 0 Å². The van der Waals surface area contributed by atoms with E-state index in [1.54, 1.807) is 26.0 Å². The molecule has 0 heterocycles. The number of rotatable bonds is 4. The van der Waals surface area contributed by atoms with E-state index >= 15 is 0 Å². The van der Waals surface area contributed by atoms with Crippen LogP contribution >= 0.6 is 0 Å². The number of hydrogen-bond acceptors (Lipinski definition) is 2. The van der Waals surface area contributed by atoms with E-state index in [1.807, 2.05) is 0 Å². The van der Waals surface area contributed by atoms with Crippen molar-refractivity contribution >= 4 is 23.2 Å². The normalized spacial score (nSPS) is 10.5. The molecule has 23 heavy (non-hydrogen) atoms. The average molecular weight is 318 g/mol. The number of halogens is 2. The summed E-state index contributed by atoms with van der Waals surface area (Å²) in [6.07, 6.45) is 0. The van der Waals surface area contributed by atoms with Crippen LogP contribution in [0.2, 0.25) is 0 Å². The number of amides is 2. The van der Waals surface area contributed by atoms with Gasteiger partial charge in [-0.2, -0.15) is 0 Å². The van der Waals surface area contributed by atoms with E-state index in [4.69, 9.17) is 0 Å². The van der Waals surface area contributed by atoms with Crippen molar-refractivity contribution in [2.75, 3.05) is 10.6 Å². The van der Waals surface area contributed by atoms with E-state index in [1.165, 1.54) is 18.2 Å². The summed E-state index contributed by atoms with van der Waals surface area (Å²) in [5.74, 6) is -3.01. The Morgan fingerprint density at radius 2 is 1.35 bits per heavy atom. The lowest BCUT2D eigenvalue weighted by Gasteiger charge is -2.10. The Morgan fingerprint density at radius 1 is 0.870 bits per heavy atom. The second-order valence-electron chi connectivity index (χ2n) is 5.27. The third-order valence-electron chi connectivity index (χ3n) is 3.12. The number of nitrogens with one attached hydrogen (secondary N) is 2. The van der Waals surface area contributed by atoms with Crippen LogP contribution in [-0.2, 0) is 4.79 Å². The summed E-state index contributed by atoms with van der Waals surface area (Å²) in [4.78, 5) is 23.5. The van der Waals surface area contributed by atoms with Crippen LogP contribution in [0.1, 0.15) is 24.2 Å². The van der Waals surface area contributed by atoms with Crippen molar-refractivity contribution < 1.29 is 18.4 Å². The Kier molecular flexibility index (Phi) is 5.05. The fourth-order valence-corrected chi connectivity index (χ4v) is 1.83. The molecule has 4 nitrogen and oxygen atoms in total. The summed E-state index contributed by atoms with van der Waals surface area (Å²) in [5.41, 5.74) is 0.295. The fourth-order valence-electron chi connectivity index (χ4n) is 1.83. The number of hydrogen-bond donors (Lipinski definition) is 2. The first-order valence-corrected chi connectivity index (χ1v) is 7.04. The summed E-state index contributed by atoms with van der Waals surface area (Å²) in [7, 11) is 0. The standard InChI is InChI=1S/C17H16F2N2O2/c1-10(2)16(22)20-11-6-8-12(9-7-11)21-17(23)15-13(18)4-3-5-14(15)19/h3-10H,1-2H3,(H,20,22)(H,21,23).